The van der Waals surface area contributed by atoms with Crippen molar-refractivity contribution in [1.29, 1.82) is 0 Å². The summed E-state index contributed by atoms with van der Waals surface area (Å²) in [5.41, 5.74) is 2.11. The average Bonchev–Trinajstić information content (AvgIpc) is 3.48. The number of hydrogen-bond acceptors (Lipinski definition) is 6. The molecule has 0 N–H and O–H groups in total. The van der Waals surface area contributed by atoms with E-state index in [1.807, 2.05) is 0 Å². The highest BCUT2D eigenvalue weighted by Crippen LogP contribution is 2.29. The standard InChI is InChI=1S/C26H25F3N2O6S/c1-16-14-20(17(2)31(16)18-9-11-19(12-10-18)37-26(28)29)23(32)15-36-25(33)22-7-5-13-30(22)38(34,35)24-8-4-3-6-21(24)27/h3-4,6,8-12,14,22,26H,5,7,13,15H2,1-2H3/t22-/m0/s1. The molecule has 12 heteroatoms. The molecule has 1 saturated heterocycles. The van der Waals surface area contributed by atoms with Crippen molar-refractivity contribution >= 4 is 21.8 Å². The van der Waals surface area contributed by atoms with Crippen LogP contribution in [0.5, 0.6) is 5.75 Å². The number of hydrogen-bond donors (Lipinski definition) is 0. The normalized spacial score (nSPS) is 16.1. The molecule has 1 aliphatic rings. The monoisotopic (exact) mass is 550 g/mol. The molecule has 0 bridgehead atoms. The Morgan fingerprint density at radius 3 is 2.42 bits per heavy atom. The molecule has 0 unspecified atom stereocenters. The van der Waals surface area contributed by atoms with E-state index in [9.17, 15) is 31.2 Å². The smallest absolute Gasteiger partial charge is 0.387 e. The Kier molecular flexibility index (Phi) is 7.93. The van der Waals surface area contributed by atoms with Crippen LogP contribution >= 0.6 is 0 Å². The van der Waals surface area contributed by atoms with E-state index in [4.69, 9.17) is 4.74 Å². The van der Waals surface area contributed by atoms with Gasteiger partial charge in [0.1, 0.15) is 22.5 Å². The summed E-state index contributed by atoms with van der Waals surface area (Å²) in [6.45, 7) is -0.103. The minimum atomic E-state index is -4.29. The second-order valence-corrected chi connectivity index (χ2v) is 10.6. The van der Waals surface area contributed by atoms with E-state index in [-0.39, 0.29) is 24.3 Å². The van der Waals surface area contributed by atoms with E-state index >= 15 is 0 Å². The van der Waals surface area contributed by atoms with E-state index in [0.717, 1.165) is 16.4 Å². The van der Waals surface area contributed by atoms with Gasteiger partial charge >= 0.3 is 12.6 Å². The minimum absolute atomic E-state index is 0.00704. The number of aromatic nitrogens is 1. The van der Waals surface area contributed by atoms with Gasteiger partial charge in [0.25, 0.3) is 0 Å². The van der Waals surface area contributed by atoms with Crippen molar-refractivity contribution in [2.75, 3.05) is 13.2 Å². The van der Waals surface area contributed by atoms with Gasteiger partial charge in [-0.05, 0) is 69.2 Å². The summed E-state index contributed by atoms with van der Waals surface area (Å²) in [6, 6.07) is 11.2. The fourth-order valence-electron chi connectivity index (χ4n) is 4.57. The van der Waals surface area contributed by atoms with E-state index in [0.29, 0.717) is 23.5 Å². The zero-order valence-corrected chi connectivity index (χ0v) is 21.4. The summed E-state index contributed by atoms with van der Waals surface area (Å²) in [6.07, 6.45) is 0.560. The molecule has 2 aromatic carbocycles. The molecule has 1 aromatic heterocycles. The number of rotatable bonds is 9. The van der Waals surface area contributed by atoms with Crippen LogP contribution in [-0.2, 0) is 19.6 Å². The number of sulfonamides is 1. The van der Waals surface area contributed by atoms with Crippen LogP contribution in [0.15, 0.2) is 59.5 Å². The van der Waals surface area contributed by atoms with Crippen LogP contribution in [-0.4, -0.2) is 54.8 Å². The van der Waals surface area contributed by atoms with Gasteiger partial charge in [-0.15, -0.1) is 0 Å². The summed E-state index contributed by atoms with van der Waals surface area (Å²) >= 11 is 0. The van der Waals surface area contributed by atoms with Crippen molar-refractivity contribution in [2.45, 2.75) is 44.2 Å². The lowest BCUT2D eigenvalue weighted by Crippen LogP contribution is -2.42. The van der Waals surface area contributed by atoms with Gasteiger partial charge in [-0.3, -0.25) is 9.59 Å². The first-order chi connectivity index (χ1) is 18.0. The number of esters is 1. The Bertz CT molecular complexity index is 1450. The number of nitrogens with zero attached hydrogens (tertiary/aromatic N) is 2. The Hall–Kier alpha value is -3.64. The van der Waals surface area contributed by atoms with Crippen LogP contribution < -0.4 is 4.74 Å². The fourth-order valence-corrected chi connectivity index (χ4v) is 6.29. The average molecular weight is 551 g/mol. The molecule has 1 aliphatic heterocycles. The van der Waals surface area contributed by atoms with Gasteiger partial charge in [0, 0.05) is 29.2 Å². The lowest BCUT2D eigenvalue weighted by molar-refractivity contribution is -0.146. The summed E-state index contributed by atoms with van der Waals surface area (Å²) in [7, 11) is -4.29. The highest BCUT2D eigenvalue weighted by atomic mass is 32.2. The van der Waals surface area contributed by atoms with Gasteiger partial charge in [-0.1, -0.05) is 12.1 Å². The second kappa shape index (κ2) is 11.0. The molecule has 1 atom stereocenters. The Balaban J connectivity index is 1.46. The summed E-state index contributed by atoms with van der Waals surface area (Å²) in [5, 5.41) is 0. The lowest BCUT2D eigenvalue weighted by atomic mass is 10.1. The Labute approximate surface area is 217 Å². The number of halogens is 3. The molecule has 0 radical (unpaired) electrons. The van der Waals surface area contributed by atoms with Crippen molar-refractivity contribution in [3.63, 3.8) is 0 Å². The van der Waals surface area contributed by atoms with Crippen molar-refractivity contribution in [3.05, 3.63) is 77.4 Å². The first-order valence-electron chi connectivity index (χ1n) is 11.7. The zero-order valence-electron chi connectivity index (χ0n) is 20.6. The van der Waals surface area contributed by atoms with E-state index in [2.05, 4.69) is 4.74 Å². The molecule has 3 aromatic rings. The molecule has 1 fully saturated rings. The van der Waals surface area contributed by atoms with Gasteiger partial charge < -0.3 is 14.0 Å². The van der Waals surface area contributed by atoms with Gasteiger partial charge in [-0.2, -0.15) is 13.1 Å². The molecule has 38 heavy (non-hydrogen) atoms. The first kappa shape index (κ1) is 27.4. The van der Waals surface area contributed by atoms with Crippen molar-refractivity contribution in [3.8, 4) is 11.4 Å². The first-order valence-corrected chi connectivity index (χ1v) is 13.1. The third-order valence-electron chi connectivity index (χ3n) is 6.30. The van der Waals surface area contributed by atoms with Crippen LogP contribution in [0.25, 0.3) is 5.69 Å². The number of aryl methyl sites for hydroxylation is 1. The summed E-state index contributed by atoms with van der Waals surface area (Å²) in [4.78, 5) is 25.2. The van der Waals surface area contributed by atoms with Gasteiger partial charge in [0.05, 0.1) is 0 Å². The van der Waals surface area contributed by atoms with Gasteiger partial charge in [0.15, 0.2) is 6.61 Å². The van der Waals surface area contributed by atoms with Crippen LogP contribution in [0.2, 0.25) is 0 Å². The predicted octanol–water partition coefficient (Wildman–Crippen LogP) is 4.41. The number of Topliss-reactive ketones (excluding diaryl/α,β-unsaturated/α-hetero) is 1. The number of alkyl halides is 2. The largest absolute Gasteiger partial charge is 0.456 e. The predicted molar refractivity (Wildman–Crippen MR) is 130 cm³/mol. The van der Waals surface area contributed by atoms with Crippen molar-refractivity contribution in [1.82, 2.24) is 8.87 Å². The quantitative estimate of drug-likeness (QED) is 0.289. The molecule has 8 nitrogen and oxygen atoms in total. The highest BCUT2D eigenvalue weighted by molar-refractivity contribution is 7.89. The second-order valence-electron chi connectivity index (χ2n) is 8.73. The topological polar surface area (TPSA) is 94.9 Å². The third kappa shape index (κ3) is 5.46. The Morgan fingerprint density at radius 2 is 1.76 bits per heavy atom. The summed E-state index contributed by atoms with van der Waals surface area (Å²) < 4.78 is 77.2. The van der Waals surface area contributed by atoms with E-state index in [1.54, 1.807) is 36.6 Å². The number of benzene rings is 2. The molecule has 4 rings (SSSR count). The van der Waals surface area contributed by atoms with E-state index < -0.39 is 51.7 Å². The van der Waals surface area contributed by atoms with E-state index in [1.165, 1.54) is 24.3 Å². The molecule has 0 aliphatic carbocycles. The highest BCUT2D eigenvalue weighted by Gasteiger charge is 2.41. The lowest BCUT2D eigenvalue weighted by Gasteiger charge is -2.22. The van der Waals surface area contributed by atoms with Crippen LogP contribution in [0.4, 0.5) is 13.2 Å². The Morgan fingerprint density at radius 1 is 1.08 bits per heavy atom. The van der Waals surface area contributed by atoms with Crippen LogP contribution in [0, 0.1) is 19.7 Å². The van der Waals surface area contributed by atoms with Gasteiger partial charge in [-0.25, -0.2) is 12.8 Å². The van der Waals surface area contributed by atoms with Crippen LogP contribution in [0.3, 0.4) is 0 Å². The van der Waals surface area contributed by atoms with Crippen molar-refractivity contribution < 1.29 is 40.7 Å². The molecule has 202 valence electrons. The number of ether oxygens (including phenoxy) is 2. The minimum Gasteiger partial charge on any atom is -0.456 e. The molecule has 0 amide bonds. The maximum absolute atomic E-state index is 14.2. The SMILES string of the molecule is Cc1cc(C(=O)COC(=O)[C@@H]2CCCN2S(=O)(=O)c2ccccc2F)c(C)n1-c1ccc(OC(F)F)cc1. The molecular formula is C26H25F3N2O6S. The molecule has 2 heterocycles. The third-order valence-corrected chi connectivity index (χ3v) is 8.24. The molecular weight excluding hydrogens is 525 g/mol. The molecule has 0 saturated carbocycles. The maximum Gasteiger partial charge on any atom is 0.387 e. The maximum atomic E-state index is 14.2. The number of ketones is 1. The fraction of sp³-hybridized carbons (Fsp3) is 0.308. The molecule has 0 spiro atoms. The van der Waals surface area contributed by atoms with Crippen LogP contribution in [0.1, 0.15) is 34.6 Å². The zero-order chi connectivity index (χ0) is 27.6. The number of carbonyl (C=O) groups is 2. The summed E-state index contributed by atoms with van der Waals surface area (Å²) in [5.74, 6) is -2.32. The van der Waals surface area contributed by atoms with Gasteiger partial charge in [0.2, 0.25) is 15.8 Å². The van der Waals surface area contributed by atoms with Crippen molar-refractivity contribution in [2.24, 2.45) is 0 Å². The number of carbonyl (C=O) groups excluding carboxylic acids is 2.